The number of anilines is 1. The Morgan fingerprint density at radius 3 is 2.22 bits per heavy atom. The van der Waals surface area contributed by atoms with Gasteiger partial charge in [0.1, 0.15) is 5.82 Å². The number of amides is 1. The standard InChI is InChI=1S/C14H12FNO2/c1-18-16(13-9-7-12(15)8-10-13)14(17)11-5-3-2-4-6-11/h2-10H,1H3. The second-order valence-electron chi connectivity index (χ2n) is 3.62. The van der Waals surface area contributed by atoms with Crippen LogP contribution in [-0.4, -0.2) is 13.0 Å². The average Bonchev–Trinajstić information content (AvgIpc) is 2.42. The van der Waals surface area contributed by atoms with Crippen LogP contribution in [0.25, 0.3) is 0 Å². The first-order valence-electron chi connectivity index (χ1n) is 5.41. The van der Waals surface area contributed by atoms with Crippen LogP contribution in [0.3, 0.4) is 0 Å². The van der Waals surface area contributed by atoms with Crippen molar-refractivity contribution in [2.45, 2.75) is 0 Å². The Morgan fingerprint density at radius 1 is 1.06 bits per heavy atom. The van der Waals surface area contributed by atoms with Crippen molar-refractivity contribution >= 4 is 11.6 Å². The smallest absolute Gasteiger partial charge is 0.269 e. The van der Waals surface area contributed by atoms with E-state index in [1.165, 1.54) is 31.4 Å². The lowest BCUT2D eigenvalue weighted by Crippen LogP contribution is -2.29. The molecule has 0 saturated carbocycles. The van der Waals surface area contributed by atoms with Crippen LogP contribution in [0.15, 0.2) is 54.6 Å². The van der Waals surface area contributed by atoms with E-state index in [9.17, 15) is 9.18 Å². The van der Waals surface area contributed by atoms with Crippen LogP contribution in [0.5, 0.6) is 0 Å². The number of benzene rings is 2. The van der Waals surface area contributed by atoms with Gasteiger partial charge in [-0.3, -0.25) is 9.63 Å². The summed E-state index contributed by atoms with van der Waals surface area (Å²) in [4.78, 5) is 17.2. The van der Waals surface area contributed by atoms with Crippen LogP contribution in [-0.2, 0) is 4.84 Å². The third kappa shape index (κ3) is 2.55. The van der Waals surface area contributed by atoms with E-state index in [-0.39, 0.29) is 11.7 Å². The van der Waals surface area contributed by atoms with Crippen LogP contribution in [0.1, 0.15) is 10.4 Å². The fourth-order valence-corrected chi connectivity index (χ4v) is 1.58. The highest BCUT2D eigenvalue weighted by Gasteiger charge is 2.17. The number of hydrogen-bond donors (Lipinski definition) is 0. The van der Waals surface area contributed by atoms with Crippen molar-refractivity contribution in [3.8, 4) is 0 Å². The van der Waals surface area contributed by atoms with Gasteiger partial charge in [0.25, 0.3) is 5.91 Å². The summed E-state index contributed by atoms with van der Waals surface area (Å²) in [7, 11) is 1.39. The Morgan fingerprint density at radius 2 is 1.67 bits per heavy atom. The first kappa shape index (κ1) is 12.3. The molecule has 92 valence electrons. The summed E-state index contributed by atoms with van der Waals surface area (Å²) >= 11 is 0. The quantitative estimate of drug-likeness (QED) is 0.778. The zero-order valence-corrected chi connectivity index (χ0v) is 9.84. The van der Waals surface area contributed by atoms with Gasteiger partial charge in [-0.15, -0.1) is 0 Å². The number of nitrogens with zero attached hydrogens (tertiary/aromatic N) is 1. The number of hydrogen-bond acceptors (Lipinski definition) is 2. The molecular formula is C14H12FNO2. The average molecular weight is 245 g/mol. The lowest BCUT2D eigenvalue weighted by Gasteiger charge is -2.19. The highest BCUT2D eigenvalue weighted by molar-refractivity contribution is 6.04. The molecule has 18 heavy (non-hydrogen) atoms. The van der Waals surface area contributed by atoms with Crippen molar-refractivity contribution in [3.05, 3.63) is 66.0 Å². The maximum absolute atomic E-state index is 12.8. The number of halogens is 1. The largest absolute Gasteiger partial charge is 0.282 e. The Labute approximate surface area is 104 Å². The van der Waals surface area contributed by atoms with Crippen LogP contribution >= 0.6 is 0 Å². The molecule has 2 rings (SSSR count). The van der Waals surface area contributed by atoms with E-state index in [1.807, 2.05) is 6.07 Å². The fraction of sp³-hybridized carbons (Fsp3) is 0.0714. The summed E-state index contributed by atoms with van der Waals surface area (Å²) < 4.78 is 12.8. The Balaban J connectivity index is 2.29. The molecule has 0 heterocycles. The van der Waals surface area contributed by atoms with Gasteiger partial charge >= 0.3 is 0 Å². The first-order valence-corrected chi connectivity index (χ1v) is 5.41. The van der Waals surface area contributed by atoms with E-state index in [1.54, 1.807) is 24.3 Å². The zero-order chi connectivity index (χ0) is 13.0. The van der Waals surface area contributed by atoms with Gasteiger partial charge in [-0.2, -0.15) is 5.06 Å². The highest BCUT2D eigenvalue weighted by atomic mass is 19.1. The minimum Gasteiger partial charge on any atom is -0.269 e. The molecule has 1 amide bonds. The molecular weight excluding hydrogens is 233 g/mol. The van der Waals surface area contributed by atoms with E-state index in [0.29, 0.717) is 11.3 Å². The molecule has 0 aliphatic rings. The van der Waals surface area contributed by atoms with E-state index in [4.69, 9.17) is 4.84 Å². The van der Waals surface area contributed by atoms with Crippen molar-refractivity contribution in [2.75, 3.05) is 12.2 Å². The lowest BCUT2D eigenvalue weighted by atomic mass is 10.2. The third-order valence-electron chi connectivity index (χ3n) is 2.45. The van der Waals surface area contributed by atoms with E-state index in [2.05, 4.69) is 0 Å². The Kier molecular flexibility index (Phi) is 3.69. The molecule has 2 aromatic carbocycles. The predicted octanol–water partition coefficient (Wildman–Crippen LogP) is 3.03. The summed E-state index contributed by atoms with van der Waals surface area (Å²) in [5.41, 5.74) is 0.983. The van der Waals surface area contributed by atoms with Gasteiger partial charge in [-0.05, 0) is 36.4 Å². The second kappa shape index (κ2) is 5.42. The van der Waals surface area contributed by atoms with Gasteiger partial charge < -0.3 is 0 Å². The van der Waals surface area contributed by atoms with Gasteiger partial charge in [-0.1, -0.05) is 18.2 Å². The molecule has 0 unspecified atom stereocenters. The van der Waals surface area contributed by atoms with Gasteiger partial charge in [0.15, 0.2) is 0 Å². The number of carbonyl (C=O) groups excluding carboxylic acids is 1. The molecule has 0 aliphatic carbocycles. The number of carbonyl (C=O) groups is 1. The van der Waals surface area contributed by atoms with E-state index < -0.39 is 0 Å². The van der Waals surface area contributed by atoms with Gasteiger partial charge in [0.05, 0.1) is 12.8 Å². The molecule has 4 heteroatoms. The third-order valence-corrected chi connectivity index (χ3v) is 2.45. The lowest BCUT2D eigenvalue weighted by molar-refractivity contribution is 0.0773. The van der Waals surface area contributed by atoms with Gasteiger partial charge in [0, 0.05) is 5.56 Å². The topological polar surface area (TPSA) is 29.5 Å². The summed E-state index contributed by atoms with van der Waals surface area (Å²) in [6.45, 7) is 0. The zero-order valence-electron chi connectivity index (χ0n) is 9.84. The second-order valence-corrected chi connectivity index (χ2v) is 3.62. The maximum Gasteiger partial charge on any atom is 0.282 e. The SMILES string of the molecule is CON(C(=O)c1ccccc1)c1ccc(F)cc1. The molecule has 2 aromatic rings. The van der Waals surface area contributed by atoms with Gasteiger partial charge in [0.2, 0.25) is 0 Å². The summed E-state index contributed by atoms with van der Waals surface area (Å²) in [6.07, 6.45) is 0. The molecule has 0 bridgehead atoms. The Bertz CT molecular complexity index is 525. The normalized spacial score (nSPS) is 10.1. The van der Waals surface area contributed by atoms with Crippen LogP contribution in [0, 0.1) is 5.82 Å². The minimum absolute atomic E-state index is 0.301. The minimum atomic E-state index is -0.359. The maximum atomic E-state index is 12.8. The molecule has 0 atom stereocenters. The first-order chi connectivity index (χ1) is 8.72. The molecule has 0 aromatic heterocycles. The summed E-state index contributed by atoms with van der Waals surface area (Å²) in [5, 5.41) is 1.12. The molecule has 0 fully saturated rings. The van der Waals surface area contributed by atoms with E-state index >= 15 is 0 Å². The van der Waals surface area contributed by atoms with Crippen molar-refractivity contribution in [1.29, 1.82) is 0 Å². The molecule has 0 saturated heterocycles. The van der Waals surface area contributed by atoms with Crippen LogP contribution in [0.4, 0.5) is 10.1 Å². The summed E-state index contributed by atoms with van der Waals surface area (Å²) in [6, 6.07) is 14.3. The van der Waals surface area contributed by atoms with Crippen LogP contribution < -0.4 is 5.06 Å². The van der Waals surface area contributed by atoms with Crippen molar-refractivity contribution in [2.24, 2.45) is 0 Å². The highest BCUT2D eigenvalue weighted by Crippen LogP contribution is 2.17. The molecule has 0 radical (unpaired) electrons. The molecule has 0 spiro atoms. The molecule has 0 aliphatic heterocycles. The van der Waals surface area contributed by atoms with Crippen molar-refractivity contribution in [3.63, 3.8) is 0 Å². The van der Waals surface area contributed by atoms with Crippen molar-refractivity contribution < 1.29 is 14.0 Å². The monoisotopic (exact) mass is 245 g/mol. The van der Waals surface area contributed by atoms with Crippen LogP contribution in [0.2, 0.25) is 0 Å². The van der Waals surface area contributed by atoms with Gasteiger partial charge in [-0.25, -0.2) is 4.39 Å². The number of hydroxylamine groups is 1. The summed E-state index contributed by atoms with van der Waals surface area (Å²) in [5.74, 6) is -0.660. The Hall–Kier alpha value is -2.20. The fourth-order valence-electron chi connectivity index (χ4n) is 1.58. The van der Waals surface area contributed by atoms with E-state index in [0.717, 1.165) is 5.06 Å². The van der Waals surface area contributed by atoms with Crippen molar-refractivity contribution in [1.82, 2.24) is 0 Å². The number of rotatable bonds is 3. The molecule has 0 N–H and O–H groups in total. The predicted molar refractivity (Wildman–Crippen MR) is 66.7 cm³/mol. The molecule has 3 nitrogen and oxygen atoms in total.